The minimum Gasteiger partial charge on any atom is -0.380 e. The van der Waals surface area contributed by atoms with Crippen molar-refractivity contribution in [3.05, 3.63) is 70.5 Å². The topological polar surface area (TPSA) is 49.8 Å². The van der Waals surface area contributed by atoms with Gasteiger partial charge in [-0.2, -0.15) is 26.3 Å². The number of hydrogen-bond donors (Lipinski definition) is 1. The summed E-state index contributed by atoms with van der Waals surface area (Å²) >= 11 is 0. The number of rotatable bonds is 4. The Hall–Kier alpha value is -2.66. The van der Waals surface area contributed by atoms with Gasteiger partial charge in [0.2, 0.25) is 0 Å². The number of benzene rings is 2. The largest absolute Gasteiger partial charge is 0.416 e. The van der Waals surface area contributed by atoms with Gasteiger partial charge in [0.15, 0.2) is 0 Å². The third kappa shape index (κ3) is 4.63. The molecule has 0 saturated carbocycles. The van der Waals surface area contributed by atoms with Gasteiger partial charge in [0, 0.05) is 24.9 Å². The number of nitrogens with zero attached hydrogens (tertiary/aromatic N) is 1. The molecule has 2 aliphatic rings. The zero-order valence-corrected chi connectivity index (χ0v) is 17.8. The zero-order valence-electron chi connectivity index (χ0n) is 17.8. The number of fused-ring (bicyclic) bond motifs is 1. The Bertz CT molecular complexity index is 1050. The van der Waals surface area contributed by atoms with Crippen LogP contribution in [0.15, 0.2) is 42.5 Å². The van der Waals surface area contributed by atoms with Gasteiger partial charge in [-0.3, -0.25) is 4.79 Å². The Morgan fingerprint density at radius 2 is 1.59 bits per heavy atom. The summed E-state index contributed by atoms with van der Waals surface area (Å²) in [6, 6.07) is 6.05. The van der Waals surface area contributed by atoms with E-state index in [0.717, 1.165) is 0 Å². The summed E-state index contributed by atoms with van der Waals surface area (Å²) in [5, 5.41) is 10.4. The number of amides is 1. The SMILES string of the molecule is CC1(O)C[C@H]2[C@H](c3ccc(F)cc3)[C@@H](OCc3cc(C(F)(F)F)cc(C(F)(F)F)c3)CN2C1=O. The van der Waals surface area contributed by atoms with Crippen LogP contribution in [0.3, 0.4) is 0 Å². The molecule has 2 heterocycles. The lowest BCUT2D eigenvalue weighted by Crippen LogP contribution is -2.38. The molecule has 2 aromatic rings. The minimum atomic E-state index is -4.99. The summed E-state index contributed by atoms with van der Waals surface area (Å²) in [6.45, 7) is 0.778. The van der Waals surface area contributed by atoms with E-state index in [-0.39, 0.29) is 24.6 Å². The Morgan fingerprint density at radius 1 is 1.03 bits per heavy atom. The van der Waals surface area contributed by atoms with Crippen molar-refractivity contribution in [2.45, 2.75) is 56.0 Å². The summed E-state index contributed by atoms with van der Waals surface area (Å²) in [4.78, 5) is 14.0. The normalized spacial score (nSPS) is 27.4. The van der Waals surface area contributed by atoms with E-state index in [1.165, 1.54) is 36.1 Å². The summed E-state index contributed by atoms with van der Waals surface area (Å²) < 4.78 is 98.2. The smallest absolute Gasteiger partial charge is 0.380 e. The number of carbonyl (C=O) groups is 1. The van der Waals surface area contributed by atoms with Crippen LogP contribution in [-0.4, -0.2) is 40.2 Å². The van der Waals surface area contributed by atoms with Crippen LogP contribution in [0.4, 0.5) is 30.7 Å². The molecular formula is C23H20F7NO3. The third-order valence-electron chi connectivity index (χ3n) is 6.29. The first-order valence-corrected chi connectivity index (χ1v) is 10.4. The van der Waals surface area contributed by atoms with Crippen LogP contribution in [0.25, 0.3) is 0 Å². The summed E-state index contributed by atoms with van der Waals surface area (Å²) in [5.74, 6) is -1.62. The minimum absolute atomic E-state index is 0.0210. The van der Waals surface area contributed by atoms with Crippen LogP contribution in [0.2, 0.25) is 0 Å². The van der Waals surface area contributed by atoms with Gasteiger partial charge in [-0.1, -0.05) is 12.1 Å². The standard InChI is InChI=1S/C23H20F7NO3/c1-21(33)9-17-19(13-2-4-16(24)5-3-13)18(10-31(17)20(21)32)34-11-12-6-14(22(25,26)27)8-15(7-12)23(28,29)30/h2-8,17-19,33H,9-11H2,1H3/t17-,18-,19-,21?/m0/s1. The second-order valence-electron chi connectivity index (χ2n) is 8.84. The molecule has 0 aromatic heterocycles. The van der Waals surface area contributed by atoms with Crippen LogP contribution in [-0.2, 0) is 28.5 Å². The van der Waals surface area contributed by atoms with Crippen molar-refractivity contribution in [3.63, 3.8) is 0 Å². The van der Waals surface area contributed by atoms with Gasteiger partial charge in [-0.15, -0.1) is 0 Å². The molecule has 2 aliphatic heterocycles. The molecule has 0 spiro atoms. The average Bonchev–Trinajstić information content (AvgIpc) is 3.18. The first-order chi connectivity index (χ1) is 15.7. The molecule has 2 saturated heterocycles. The Labute approximate surface area is 189 Å². The Balaban J connectivity index is 1.63. The van der Waals surface area contributed by atoms with Crippen molar-refractivity contribution in [2.24, 2.45) is 0 Å². The van der Waals surface area contributed by atoms with Gasteiger partial charge >= 0.3 is 12.4 Å². The van der Waals surface area contributed by atoms with Crippen molar-refractivity contribution in [1.82, 2.24) is 4.90 Å². The van der Waals surface area contributed by atoms with Crippen molar-refractivity contribution >= 4 is 5.91 Å². The van der Waals surface area contributed by atoms with Crippen LogP contribution in [0.1, 0.15) is 41.5 Å². The van der Waals surface area contributed by atoms with Crippen molar-refractivity contribution in [1.29, 1.82) is 0 Å². The second kappa shape index (κ2) is 8.23. The van der Waals surface area contributed by atoms with Crippen molar-refractivity contribution in [2.75, 3.05) is 6.54 Å². The van der Waals surface area contributed by atoms with E-state index in [2.05, 4.69) is 0 Å². The number of hydrogen-bond acceptors (Lipinski definition) is 3. The van der Waals surface area contributed by atoms with Gasteiger partial charge in [0.25, 0.3) is 5.91 Å². The molecule has 0 bridgehead atoms. The fraction of sp³-hybridized carbons (Fsp3) is 0.435. The highest BCUT2D eigenvalue weighted by Gasteiger charge is 2.56. The van der Waals surface area contributed by atoms with Gasteiger partial charge in [0.05, 0.1) is 23.8 Å². The predicted octanol–water partition coefficient (Wildman–Crippen LogP) is 4.90. The molecule has 11 heteroatoms. The molecule has 2 aromatic carbocycles. The molecule has 1 amide bonds. The third-order valence-corrected chi connectivity index (χ3v) is 6.29. The quantitative estimate of drug-likeness (QED) is 0.620. The van der Waals surface area contributed by atoms with Gasteiger partial charge in [-0.05, 0) is 48.4 Å². The predicted molar refractivity (Wildman–Crippen MR) is 105 cm³/mol. The monoisotopic (exact) mass is 491 g/mol. The lowest BCUT2D eigenvalue weighted by Gasteiger charge is -2.25. The maximum atomic E-state index is 13.4. The molecule has 34 heavy (non-hydrogen) atoms. The van der Waals surface area contributed by atoms with E-state index in [1.807, 2.05) is 0 Å². The molecule has 0 radical (unpaired) electrons. The number of halogens is 7. The Morgan fingerprint density at radius 3 is 2.12 bits per heavy atom. The Kier molecular flexibility index (Phi) is 5.92. The molecular weight excluding hydrogens is 471 g/mol. The van der Waals surface area contributed by atoms with E-state index in [1.54, 1.807) is 0 Å². The number of aliphatic hydroxyl groups is 1. The van der Waals surface area contributed by atoms with Crippen LogP contribution in [0, 0.1) is 5.82 Å². The first-order valence-electron chi connectivity index (χ1n) is 10.4. The van der Waals surface area contributed by atoms with Crippen molar-refractivity contribution < 1.29 is 45.4 Å². The van der Waals surface area contributed by atoms with Crippen LogP contribution < -0.4 is 0 Å². The highest BCUT2D eigenvalue weighted by Crippen LogP contribution is 2.45. The molecule has 4 nitrogen and oxygen atoms in total. The maximum Gasteiger partial charge on any atom is 0.416 e. The fourth-order valence-corrected chi connectivity index (χ4v) is 4.74. The summed E-state index contributed by atoms with van der Waals surface area (Å²) in [5.41, 5.74) is -4.27. The lowest BCUT2D eigenvalue weighted by molar-refractivity contribution is -0.144. The molecule has 0 aliphatic carbocycles. The summed E-state index contributed by atoms with van der Waals surface area (Å²) in [6.07, 6.45) is -10.7. The van der Waals surface area contributed by atoms with Gasteiger partial charge < -0.3 is 14.7 Å². The lowest BCUT2D eigenvalue weighted by atomic mass is 9.86. The maximum absolute atomic E-state index is 13.4. The number of carbonyl (C=O) groups excluding carboxylic acids is 1. The molecule has 184 valence electrons. The molecule has 2 fully saturated rings. The van der Waals surface area contributed by atoms with Crippen LogP contribution in [0.5, 0.6) is 0 Å². The molecule has 1 N–H and O–H groups in total. The number of alkyl halides is 6. The second-order valence-corrected chi connectivity index (χ2v) is 8.84. The number of ether oxygens (including phenoxy) is 1. The molecule has 4 rings (SSSR count). The van der Waals surface area contributed by atoms with E-state index < -0.39 is 65.5 Å². The molecule has 4 atom stereocenters. The van der Waals surface area contributed by atoms with E-state index in [4.69, 9.17) is 4.74 Å². The highest BCUT2D eigenvalue weighted by atomic mass is 19.4. The average molecular weight is 491 g/mol. The first kappa shape index (κ1) is 24.5. The molecule has 1 unspecified atom stereocenters. The highest BCUT2D eigenvalue weighted by molar-refractivity contribution is 5.88. The fourth-order valence-electron chi connectivity index (χ4n) is 4.74. The van der Waals surface area contributed by atoms with E-state index in [9.17, 15) is 40.6 Å². The van der Waals surface area contributed by atoms with Gasteiger partial charge in [-0.25, -0.2) is 4.39 Å². The van der Waals surface area contributed by atoms with E-state index in [0.29, 0.717) is 17.7 Å². The summed E-state index contributed by atoms with van der Waals surface area (Å²) in [7, 11) is 0. The van der Waals surface area contributed by atoms with Crippen LogP contribution >= 0.6 is 0 Å². The van der Waals surface area contributed by atoms with E-state index >= 15 is 0 Å². The van der Waals surface area contributed by atoms with Crippen molar-refractivity contribution in [3.8, 4) is 0 Å². The van der Waals surface area contributed by atoms with Gasteiger partial charge in [0.1, 0.15) is 11.4 Å². The zero-order chi connectivity index (χ0) is 25.1.